The van der Waals surface area contributed by atoms with Crippen molar-refractivity contribution in [3.8, 4) is 22.3 Å². The summed E-state index contributed by atoms with van der Waals surface area (Å²) in [5.74, 6) is 2.35. The number of benzene rings is 8. The maximum atomic E-state index is 6.26. The number of nitrogens with zero attached hydrogens (tertiary/aromatic N) is 2. The molecule has 5 heteroatoms. The SMILES string of the molecule is C1=Cc2c(oc3cccc(-c4ccc(-c5ccc(C6=NC(c7ccccc7)NC(c7ccc8ccccc8c7)=N6)c6ccccc56)c5ccccc45)c23)NC1. The van der Waals surface area contributed by atoms with Gasteiger partial charge in [-0.1, -0.05) is 158 Å². The minimum Gasteiger partial charge on any atom is -0.440 e. The highest BCUT2D eigenvalue weighted by Crippen LogP contribution is 2.44. The molecule has 1 unspecified atom stereocenters. The zero-order valence-corrected chi connectivity index (χ0v) is 29.8. The molecule has 11 rings (SSSR count). The van der Waals surface area contributed by atoms with Crippen molar-refractivity contribution in [2.45, 2.75) is 6.17 Å². The Labute approximate surface area is 318 Å². The first-order chi connectivity index (χ1) is 27.3. The topological polar surface area (TPSA) is 61.9 Å². The molecule has 3 heterocycles. The van der Waals surface area contributed by atoms with E-state index in [4.69, 9.17) is 14.4 Å². The molecule has 2 N–H and O–H groups in total. The van der Waals surface area contributed by atoms with E-state index in [2.05, 4.69) is 181 Å². The standard InChI is InChI=1S/C50H34N4O/c1-2-13-32(14-3-1)47-52-48(34-24-23-31-12-4-5-15-33(31)30-34)54-49(53-47)43-28-27-40(37-18-8-9-19-38(37)43)39-25-26-41(36-17-7-6-16-35(36)39)42-20-10-22-45-46(42)44-21-11-29-51-50(44)55-45/h1-28,30,47,51H,29H2,(H,52,53,54). The van der Waals surface area contributed by atoms with E-state index in [1.165, 1.54) is 38.2 Å². The molecule has 1 aromatic heterocycles. The van der Waals surface area contributed by atoms with E-state index in [1.54, 1.807) is 0 Å². The molecule has 2 aliphatic heterocycles. The summed E-state index contributed by atoms with van der Waals surface area (Å²) in [6.45, 7) is 0.766. The molecule has 0 saturated carbocycles. The van der Waals surface area contributed by atoms with Gasteiger partial charge in [-0.3, -0.25) is 0 Å². The molecule has 0 spiro atoms. The largest absolute Gasteiger partial charge is 0.440 e. The highest BCUT2D eigenvalue weighted by Gasteiger charge is 2.24. The van der Waals surface area contributed by atoms with Crippen molar-refractivity contribution >= 4 is 66.9 Å². The van der Waals surface area contributed by atoms with Gasteiger partial charge in [-0.15, -0.1) is 0 Å². The van der Waals surface area contributed by atoms with Crippen LogP contribution in [-0.2, 0) is 0 Å². The third-order valence-corrected chi connectivity index (χ3v) is 11.0. The Balaban J connectivity index is 1.07. The fourth-order valence-corrected chi connectivity index (χ4v) is 8.37. The normalized spacial score (nSPS) is 15.1. The van der Waals surface area contributed by atoms with Crippen LogP contribution in [0.25, 0.3) is 71.6 Å². The van der Waals surface area contributed by atoms with Gasteiger partial charge in [-0.05, 0) is 78.3 Å². The smallest absolute Gasteiger partial charge is 0.201 e. The van der Waals surface area contributed by atoms with E-state index < -0.39 is 0 Å². The first-order valence-corrected chi connectivity index (χ1v) is 18.7. The van der Waals surface area contributed by atoms with Crippen LogP contribution in [-0.4, -0.2) is 18.2 Å². The first-order valence-electron chi connectivity index (χ1n) is 18.7. The Kier molecular flexibility index (Phi) is 7.24. The lowest BCUT2D eigenvalue weighted by Gasteiger charge is -2.24. The van der Waals surface area contributed by atoms with Crippen LogP contribution in [0.3, 0.4) is 0 Å². The van der Waals surface area contributed by atoms with E-state index in [-0.39, 0.29) is 6.17 Å². The minimum atomic E-state index is -0.290. The van der Waals surface area contributed by atoms with Gasteiger partial charge in [0.1, 0.15) is 17.6 Å². The maximum absolute atomic E-state index is 6.26. The van der Waals surface area contributed by atoms with Crippen molar-refractivity contribution < 1.29 is 4.42 Å². The second-order valence-corrected chi connectivity index (χ2v) is 14.2. The molecule has 0 aliphatic carbocycles. The first kappa shape index (κ1) is 31.3. The summed E-state index contributed by atoms with van der Waals surface area (Å²) in [6, 6.07) is 58.1. The van der Waals surface area contributed by atoms with E-state index in [0.717, 1.165) is 67.8 Å². The lowest BCUT2D eigenvalue weighted by atomic mass is 9.88. The zero-order valence-electron chi connectivity index (χ0n) is 29.8. The number of hydrogen-bond acceptors (Lipinski definition) is 5. The Morgan fingerprint density at radius 2 is 1.18 bits per heavy atom. The number of amidine groups is 2. The van der Waals surface area contributed by atoms with Gasteiger partial charge in [-0.25, -0.2) is 9.98 Å². The van der Waals surface area contributed by atoms with Crippen LogP contribution in [0.4, 0.5) is 5.88 Å². The summed E-state index contributed by atoms with van der Waals surface area (Å²) in [5.41, 5.74) is 9.79. The molecule has 0 bridgehead atoms. The molecule has 55 heavy (non-hydrogen) atoms. The average Bonchev–Trinajstić information content (AvgIpc) is 3.65. The number of aliphatic imine (C=N–C) groups is 2. The molecular weight excluding hydrogens is 673 g/mol. The lowest BCUT2D eigenvalue weighted by molar-refractivity contribution is 0.628. The third-order valence-electron chi connectivity index (χ3n) is 11.0. The molecule has 9 aromatic rings. The number of nitrogens with one attached hydrogen (secondary N) is 2. The van der Waals surface area contributed by atoms with E-state index in [0.29, 0.717) is 5.84 Å². The van der Waals surface area contributed by atoms with Crippen molar-refractivity contribution in [3.05, 3.63) is 192 Å². The van der Waals surface area contributed by atoms with Crippen molar-refractivity contribution in [1.82, 2.24) is 5.32 Å². The predicted molar refractivity (Wildman–Crippen MR) is 229 cm³/mol. The van der Waals surface area contributed by atoms with Crippen LogP contribution < -0.4 is 10.6 Å². The molecule has 0 amide bonds. The molecule has 2 aliphatic rings. The average molecular weight is 707 g/mol. The number of hydrogen-bond donors (Lipinski definition) is 2. The lowest BCUT2D eigenvalue weighted by Crippen LogP contribution is -2.33. The molecule has 0 fully saturated rings. The second-order valence-electron chi connectivity index (χ2n) is 14.2. The molecular formula is C50H34N4O. The molecule has 0 radical (unpaired) electrons. The molecule has 1 atom stereocenters. The fraction of sp³-hybridized carbons (Fsp3) is 0.0400. The van der Waals surface area contributed by atoms with E-state index >= 15 is 0 Å². The Morgan fingerprint density at radius 3 is 1.93 bits per heavy atom. The van der Waals surface area contributed by atoms with Crippen molar-refractivity contribution in [3.63, 3.8) is 0 Å². The highest BCUT2D eigenvalue weighted by molar-refractivity contribution is 6.21. The van der Waals surface area contributed by atoms with Gasteiger partial charge >= 0.3 is 0 Å². The van der Waals surface area contributed by atoms with Gasteiger partial charge in [-0.2, -0.15) is 0 Å². The molecule has 260 valence electrons. The van der Waals surface area contributed by atoms with Gasteiger partial charge in [0.05, 0.1) is 0 Å². The van der Waals surface area contributed by atoms with Gasteiger partial charge in [0.2, 0.25) is 5.88 Å². The minimum absolute atomic E-state index is 0.290. The molecule has 8 aromatic carbocycles. The van der Waals surface area contributed by atoms with Crippen molar-refractivity contribution in [2.24, 2.45) is 9.98 Å². The summed E-state index contributed by atoms with van der Waals surface area (Å²) < 4.78 is 6.26. The highest BCUT2D eigenvalue weighted by atomic mass is 16.3. The Bertz CT molecular complexity index is 3080. The number of fused-ring (bicyclic) bond motifs is 6. The monoisotopic (exact) mass is 706 g/mol. The van der Waals surface area contributed by atoms with Gasteiger partial charge < -0.3 is 15.1 Å². The Morgan fingerprint density at radius 1 is 0.545 bits per heavy atom. The summed E-state index contributed by atoms with van der Waals surface area (Å²) in [6.07, 6.45) is 4.04. The van der Waals surface area contributed by atoms with Crippen LogP contribution in [0.1, 0.15) is 28.4 Å². The van der Waals surface area contributed by atoms with Gasteiger partial charge in [0.15, 0.2) is 5.84 Å². The predicted octanol–water partition coefficient (Wildman–Crippen LogP) is 12.2. The second kappa shape index (κ2) is 12.7. The van der Waals surface area contributed by atoms with Crippen LogP contribution >= 0.6 is 0 Å². The third kappa shape index (κ3) is 5.24. The maximum Gasteiger partial charge on any atom is 0.201 e. The van der Waals surface area contributed by atoms with E-state index in [9.17, 15) is 0 Å². The van der Waals surface area contributed by atoms with Crippen LogP contribution in [0.15, 0.2) is 184 Å². The number of anilines is 1. The summed E-state index contributed by atoms with van der Waals surface area (Å²) in [7, 11) is 0. The van der Waals surface area contributed by atoms with Crippen LogP contribution in [0, 0.1) is 0 Å². The summed E-state index contributed by atoms with van der Waals surface area (Å²) >= 11 is 0. The quantitative estimate of drug-likeness (QED) is 0.187. The van der Waals surface area contributed by atoms with Gasteiger partial charge in [0.25, 0.3) is 0 Å². The molecule has 5 nitrogen and oxygen atoms in total. The summed E-state index contributed by atoms with van der Waals surface area (Å²) in [5, 5.41) is 15.2. The van der Waals surface area contributed by atoms with Crippen LogP contribution in [0.2, 0.25) is 0 Å². The fourth-order valence-electron chi connectivity index (χ4n) is 8.37. The number of rotatable bonds is 5. The molecule has 0 saturated heterocycles. The zero-order chi connectivity index (χ0) is 36.3. The van der Waals surface area contributed by atoms with Crippen LogP contribution in [0.5, 0.6) is 0 Å². The van der Waals surface area contributed by atoms with Gasteiger partial charge in [0, 0.05) is 28.6 Å². The van der Waals surface area contributed by atoms with Crippen molar-refractivity contribution in [2.75, 3.05) is 11.9 Å². The van der Waals surface area contributed by atoms with E-state index in [1.807, 2.05) is 6.07 Å². The van der Waals surface area contributed by atoms with Crippen molar-refractivity contribution in [1.29, 1.82) is 0 Å². The number of furan rings is 1. The summed E-state index contributed by atoms with van der Waals surface area (Å²) in [4.78, 5) is 10.5. The Hall–Kier alpha value is -7.24.